The standard InChI is InChI=1S/C29H24N4O7/c1-40-23-11-8-18(14-21(23)25(35)17-5-3-2-4-6-17)31-29(39)30-15-16-7-9-19-20(13-16)28(38)33(27(19)37)22-10-12-24(34)32-26(22)36/h2-9,11,13-14,22H,10,12,15H2,1H3,(H2,30,31,39)(H,32,34,36). The van der Waals surface area contributed by atoms with Crippen molar-refractivity contribution in [3.05, 3.63) is 94.5 Å². The number of amides is 6. The largest absolute Gasteiger partial charge is 0.496 e. The fourth-order valence-corrected chi connectivity index (χ4v) is 4.69. The Bertz CT molecular complexity index is 1570. The van der Waals surface area contributed by atoms with Crippen LogP contribution in [0.1, 0.15) is 55.0 Å². The topological polar surface area (TPSA) is 151 Å². The van der Waals surface area contributed by atoms with Gasteiger partial charge in [-0.15, -0.1) is 0 Å². The number of nitrogens with zero attached hydrogens (tertiary/aromatic N) is 1. The molecule has 2 aliphatic heterocycles. The third-order valence-corrected chi connectivity index (χ3v) is 6.70. The van der Waals surface area contributed by atoms with Crippen molar-refractivity contribution in [2.75, 3.05) is 12.4 Å². The molecule has 0 bridgehead atoms. The van der Waals surface area contributed by atoms with Crippen LogP contribution in [0.4, 0.5) is 10.5 Å². The molecular weight excluding hydrogens is 516 g/mol. The second kappa shape index (κ2) is 10.8. The van der Waals surface area contributed by atoms with E-state index in [9.17, 15) is 28.8 Å². The highest BCUT2D eigenvalue weighted by Gasteiger charge is 2.44. The number of ether oxygens (including phenoxy) is 1. The Kier molecular flexibility index (Phi) is 7.11. The normalized spacial score (nSPS) is 16.3. The van der Waals surface area contributed by atoms with Gasteiger partial charge in [0.2, 0.25) is 11.8 Å². The number of ketones is 1. The first kappa shape index (κ1) is 26.3. The number of fused-ring (bicyclic) bond motifs is 1. The number of piperidine rings is 1. The van der Waals surface area contributed by atoms with Crippen molar-refractivity contribution in [1.29, 1.82) is 0 Å². The van der Waals surface area contributed by atoms with Crippen LogP contribution in [0, 0.1) is 0 Å². The van der Waals surface area contributed by atoms with Crippen LogP contribution < -0.4 is 20.7 Å². The average Bonchev–Trinajstić information content (AvgIpc) is 3.20. The van der Waals surface area contributed by atoms with Gasteiger partial charge in [0.15, 0.2) is 5.78 Å². The Morgan fingerprint density at radius 3 is 2.42 bits per heavy atom. The van der Waals surface area contributed by atoms with Gasteiger partial charge < -0.3 is 15.4 Å². The Hall–Kier alpha value is -5.32. The van der Waals surface area contributed by atoms with Crippen molar-refractivity contribution >= 4 is 41.1 Å². The first-order chi connectivity index (χ1) is 19.3. The molecule has 1 unspecified atom stereocenters. The summed E-state index contributed by atoms with van der Waals surface area (Å²) in [6.07, 6.45) is 0.0962. The maximum atomic E-state index is 13.0. The summed E-state index contributed by atoms with van der Waals surface area (Å²) < 4.78 is 5.32. The third kappa shape index (κ3) is 5.04. The van der Waals surface area contributed by atoms with Crippen LogP contribution in [0.5, 0.6) is 5.75 Å². The van der Waals surface area contributed by atoms with E-state index in [-0.39, 0.29) is 41.9 Å². The molecule has 3 aromatic carbocycles. The number of carbonyl (C=O) groups excluding carboxylic acids is 6. The summed E-state index contributed by atoms with van der Waals surface area (Å²) in [6.45, 7) is 0.0327. The number of methoxy groups -OCH3 is 1. The van der Waals surface area contributed by atoms with Crippen molar-refractivity contribution in [3.63, 3.8) is 0 Å². The molecule has 1 fully saturated rings. The molecule has 0 spiro atoms. The van der Waals surface area contributed by atoms with Crippen LogP contribution in [0.3, 0.4) is 0 Å². The van der Waals surface area contributed by atoms with Gasteiger partial charge in [-0.25, -0.2) is 4.79 Å². The molecule has 0 saturated carbocycles. The van der Waals surface area contributed by atoms with Crippen LogP contribution in [0.2, 0.25) is 0 Å². The van der Waals surface area contributed by atoms with Crippen LogP contribution in [0.15, 0.2) is 66.7 Å². The summed E-state index contributed by atoms with van der Waals surface area (Å²) >= 11 is 0. The monoisotopic (exact) mass is 540 g/mol. The van der Waals surface area contributed by atoms with Crippen molar-refractivity contribution < 1.29 is 33.5 Å². The number of urea groups is 1. The van der Waals surface area contributed by atoms with Gasteiger partial charge in [0.05, 0.1) is 23.8 Å². The van der Waals surface area contributed by atoms with E-state index >= 15 is 0 Å². The summed E-state index contributed by atoms with van der Waals surface area (Å²) in [7, 11) is 1.45. The van der Waals surface area contributed by atoms with Gasteiger partial charge in [-0.05, 0) is 42.3 Å². The average molecular weight is 541 g/mol. The highest BCUT2D eigenvalue weighted by molar-refractivity contribution is 6.23. The zero-order chi connectivity index (χ0) is 28.4. The first-order valence-corrected chi connectivity index (χ1v) is 12.4. The first-order valence-electron chi connectivity index (χ1n) is 12.4. The van der Waals surface area contributed by atoms with Crippen LogP contribution >= 0.6 is 0 Å². The van der Waals surface area contributed by atoms with Crippen molar-refractivity contribution in [1.82, 2.24) is 15.5 Å². The van der Waals surface area contributed by atoms with Crippen molar-refractivity contribution in [3.8, 4) is 5.75 Å². The summed E-state index contributed by atoms with van der Waals surface area (Å²) in [4.78, 5) is 76.0. The van der Waals surface area contributed by atoms with E-state index in [1.165, 1.54) is 25.3 Å². The third-order valence-electron chi connectivity index (χ3n) is 6.70. The van der Waals surface area contributed by atoms with E-state index < -0.39 is 35.7 Å². The Balaban J connectivity index is 1.25. The van der Waals surface area contributed by atoms with Gasteiger partial charge in [-0.3, -0.25) is 34.2 Å². The number of rotatable bonds is 7. The van der Waals surface area contributed by atoms with E-state index in [0.717, 1.165) is 4.90 Å². The zero-order valence-electron chi connectivity index (χ0n) is 21.4. The lowest BCUT2D eigenvalue weighted by atomic mass is 10.0. The molecule has 0 radical (unpaired) electrons. The minimum atomic E-state index is -1.05. The number of hydrogen-bond acceptors (Lipinski definition) is 7. The minimum absolute atomic E-state index is 0.0319. The molecule has 3 aromatic rings. The fourth-order valence-electron chi connectivity index (χ4n) is 4.69. The van der Waals surface area contributed by atoms with Crippen LogP contribution in [0.25, 0.3) is 0 Å². The summed E-state index contributed by atoms with van der Waals surface area (Å²) in [5, 5.41) is 7.52. The Morgan fingerprint density at radius 2 is 1.70 bits per heavy atom. The smallest absolute Gasteiger partial charge is 0.319 e. The Morgan fingerprint density at radius 1 is 0.950 bits per heavy atom. The molecular formula is C29H24N4O7. The van der Waals surface area contributed by atoms with Crippen LogP contribution in [-0.4, -0.2) is 53.5 Å². The predicted molar refractivity (Wildman–Crippen MR) is 142 cm³/mol. The molecule has 40 heavy (non-hydrogen) atoms. The lowest BCUT2D eigenvalue weighted by molar-refractivity contribution is -0.136. The van der Waals surface area contributed by atoms with E-state index in [1.54, 1.807) is 48.5 Å². The molecule has 5 rings (SSSR count). The molecule has 2 heterocycles. The number of nitrogens with one attached hydrogen (secondary N) is 3. The second-order valence-electron chi connectivity index (χ2n) is 9.25. The molecule has 0 aromatic heterocycles. The summed E-state index contributed by atoms with van der Waals surface area (Å²) in [6, 6.07) is 16.4. The van der Waals surface area contributed by atoms with Gasteiger partial charge in [-0.2, -0.15) is 0 Å². The molecule has 2 aliphatic rings. The van der Waals surface area contributed by atoms with E-state index in [2.05, 4.69) is 16.0 Å². The van der Waals surface area contributed by atoms with Crippen molar-refractivity contribution in [2.45, 2.75) is 25.4 Å². The van der Waals surface area contributed by atoms with Crippen molar-refractivity contribution in [2.24, 2.45) is 0 Å². The van der Waals surface area contributed by atoms with Gasteiger partial charge in [0.1, 0.15) is 11.8 Å². The van der Waals surface area contributed by atoms with Crippen LogP contribution in [-0.2, 0) is 16.1 Å². The molecule has 1 saturated heterocycles. The van der Waals surface area contributed by atoms with Gasteiger partial charge >= 0.3 is 6.03 Å². The molecule has 11 nitrogen and oxygen atoms in total. The quantitative estimate of drug-likeness (QED) is 0.308. The molecule has 202 valence electrons. The van der Waals surface area contributed by atoms with E-state index in [1.807, 2.05) is 0 Å². The SMILES string of the molecule is COc1ccc(NC(=O)NCc2ccc3c(c2)C(=O)N(C2CCC(=O)NC2=O)C3=O)cc1C(=O)c1ccccc1. The van der Waals surface area contributed by atoms with Gasteiger partial charge in [0, 0.05) is 24.2 Å². The fraction of sp³-hybridized carbons (Fsp3) is 0.172. The summed E-state index contributed by atoms with van der Waals surface area (Å²) in [5.74, 6) is -2.26. The van der Waals surface area contributed by atoms with E-state index in [4.69, 9.17) is 4.74 Å². The maximum absolute atomic E-state index is 13.0. The lowest BCUT2D eigenvalue weighted by Gasteiger charge is -2.27. The molecule has 0 aliphatic carbocycles. The number of anilines is 1. The Labute approximate surface area is 228 Å². The number of benzene rings is 3. The highest BCUT2D eigenvalue weighted by atomic mass is 16.5. The number of carbonyl (C=O) groups is 6. The molecule has 11 heteroatoms. The molecule has 1 atom stereocenters. The van der Waals surface area contributed by atoms with Gasteiger partial charge in [0.25, 0.3) is 11.8 Å². The lowest BCUT2D eigenvalue weighted by Crippen LogP contribution is -2.54. The molecule has 6 amide bonds. The summed E-state index contributed by atoms with van der Waals surface area (Å²) in [5.41, 5.74) is 1.95. The second-order valence-corrected chi connectivity index (χ2v) is 9.25. The highest BCUT2D eigenvalue weighted by Crippen LogP contribution is 2.29. The van der Waals surface area contributed by atoms with E-state index in [0.29, 0.717) is 22.6 Å². The predicted octanol–water partition coefficient (Wildman–Crippen LogP) is 2.65. The minimum Gasteiger partial charge on any atom is -0.496 e. The number of imide groups is 2. The zero-order valence-corrected chi connectivity index (χ0v) is 21.4. The number of hydrogen-bond donors (Lipinski definition) is 3. The van der Waals surface area contributed by atoms with Gasteiger partial charge in [-0.1, -0.05) is 36.4 Å². The maximum Gasteiger partial charge on any atom is 0.319 e. The molecule has 3 N–H and O–H groups in total.